The molecule has 1 aromatic rings. The van der Waals surface area contributed by atoms with Gasteiger partial charge in [0.1, 0.15) is 6.42 Å². The minimum absolute atomic E-state index is 0.0934. The fourth-order valence-electron chi connectivity index (χ4n) is 3.23. The molecule has 0 spiro atoms. The van der Waals surface area contributed by atoms with Gasteiger partial charge in [0, 0.05) is 50.0 Å². The Labute approximate surface area is 153 Å². The average Bonchev–Trinajstić information content (AvgIpc) is 3.14. The molecule has 1 N–H and O–H groups in total. The number of anilines is 1. The lowest BCUT2D eigenvalue weighted by Crippen LogP contribution is -2.49. The molecule has 136 valence electrons. The average molecular weight is 366 g/mol. The Hall–Kier alpha value is -1.79. The summed E-state index contributed by atoms with van der Waals surface area (Å²) in [4.78, 5) is 28.2. The highest BCUT2D eigenvalue weighted by Crippen LogP contribution is 2.21. The Kier molecular flexibility index (Phi) is 6.15. The van der Waals surface area contributed by atoms with E-state index < -0.39 is 0 Å². The normalized spacial score (nSPS) is 20.6. The van der Waals surface area contributed by atoms with Gasteiger partial charge in [-0.15, -0.1) is 0 Å². The highest BCUT2D eigenvalue weighted by molar-refractivity contribution is 6.30. The van der Waals surface area contributed by atoms with Crippen LogP contribution in [-0.2, 0) is 14.3 Å². The number of hydrogen-bond acceptors (Lipinski definition) is 4. The van der Waals surface area contributed by atoms with Crippen LogP contribution >= 0.6 is 11.6 Å². The lowest BCUT2D eigenvalue weighted by Gasteiger charge is -2.36. The predicted octanol–water partition coefficient (Wildman–Crippen LogP) is 1.67. The number of amides is 2. The number of piperazine rings is 1. The molecule has 2 aliphatic rings. The Bertz CT molecular complexity index is 611. The number of benzene rings is 1. The van der Waals surface area contributed by atoms with Crippen LogP contribution in [0.3, 0.4) is 0 Å². The first-order chi connectivity index (χ1) is 12.1. The third-order valence-electron chi connectivity index (χ3n) is 4.67. The van der Waals surface area contributed by atoms with Crippen molar-refractivity contribution >= 4 is 29.1 Å². The number of carbonyl (C=O) groups is 2. The van der Waals surface area contributed by atoms with E-state index in [1.165, 1.54) is 0 Å². The zero-order valence-corrected chi connectivity index (χ0v) is 15.0. The second-order valence-corrected chi connectivity index (χ2v) is 6.90. The Morgan fingerprint density at radius 3 is 2.72 bits per heavy atom. The summed E-state index contributed by atoms with van der Waals surface area (Å²) in [6, 6.07) is 7.72. The fourth-order valence-corrected chi connectivity index (χ4v) is 3.42. The van der Waals surface area contributed by atoms with Crippen molar-refractivity contribution in [3.8, 4) is 0 Å². The van der Waals surface area contributed by atoms with Crippen LogP contribution in [0, 0.1) is 0 Å². The van der Waals surface area contributed by atoms with Crippen molar-refractivity contribution in [3.05, 3.63) is 29.3 Å². The first-order valence-corrected chi connectivity index (χ1v) is 9.16. The van der Waals surface area contributed by atoms with E-state index in [2.05, 4.69) is 10.2 Å². The first-order valence-electron chi connectivity index (χ1n) is 8.78. The highest BCUT2D eigenvalue weighted by Gasteiger charge is 2.23. The van der Waals surface area contributed by atoms with Gasteiger partial charge < -0.3 is 19.9 Å². The molecule has 25 heavy (non-hydrogen) atoms. The first kappa shape index (κ1) is 18.0. The Morgan fingerprint density at radius 2 is 2.04 bits per heavy atom. The van der Waals surface area contributed by atoms with Gasteiger partial charge in [0.15, 0.2) is 0 Å². The van der Waals surface area contributed by atoms with Crippen LogP contribution in [0.4, 0.5) is 5.69 Å². The molecule has 6 nitrogen and oxygen atoms in total. The van der Waals surface area contributed by atoms with Crippen LogP contribution in [0.2, 0.25) is 5.02 Å². The predicted molar refractivity (Wildman–Crippen MR) is 96.8 cm³/mol. The molecule has 1 atom stereocenters. The largest absolute Gasteiger partial charge is 0.376 e. The molecule has 0 aromatic heterocycles. The minimum Gasteiger partial charge on any atom is -0.376 e. The van der Waals surface area contributed by atoms with Crippen molar-refractivity contribution in [2.75, 3.05) is 44.2 Å². The SMILES string of the molecule is O=C(CC(=O)N1CCN(c2cccc(Cl)c2)CC1)NCC1CCCO1. The second-order valence-electron chi connectivity index (χ2n) is 6.46. The second kappa shape index (κ2) is 8.54. The molecule has 2 fully saturated rings. The van der Waals surface area contributed by atoms with E-state index in [1.54, 1.807) is 4.90 Å². The third kappa shape index (κ3) is 5.09. The third-order valence-corrected chi connectivity index (χ3v) is 4.90. The number of ether oxygens (including phenoxy) is 1. The molecule has 3 rings (SSSR count). The van der Waals surface area contributed by atoms with Crippen molar-refractivity contribution in [1.82, 2.24) is 10.2 Å². The van der Waals surface area contributed by atoms with Crippen LogP contribution < -0.4 is 10.2 Å². The van der Waals surface area contributed by atoms with E-state index in [4.69, 9.17) is 16.3 Å². The summed E-state index contributed by atoms with van der Waals surface area (Å²) in [6.07, 6.45) is 2.01. The van der Waals surface area contributed by atoms with Crippen molar-refractivity contribution in [3.63, 3.8) is 0 Å². The van der Waals surface area contributed by atoms with E-state index in [-0.39, 0.29) is 24.3 Å². The van der Waals surface area contributed by atoms with Gasteiger partial charge in [-0.3, -0.25) is 9.59 Å². The molecule has 0 saturated carbocycles. The van der Waals surface area contributed by atoms with Gasteiger partial charge >= 0.3 is 0 Å². The van der Waals surface area contributed by atoms with Crippen LogP contribution in [0.15, 0.2) is 24.3 Å². The molecule has 1 unspecified atom stereocenters. The van der Waals surface area contributed by atoms with Crippen molar-refractivity contribution in [2.24, 2.45) is 0 Å². The maximum Gasteiger partial charge on any atom is 0.232 e. The van der Waals surface area contributed by atoms with Gasteiger partial charge in [0.2, 0.25) is 11.8 Å². The monoisotopic (exact) mass is 365 g/mol. The maximum atomic E-state index is 12.3. The van der Waals surface area contributed by atoms with E-state index in [0.717, 1.165) is 38.2 Å². The summed E-state index contributed by atoms with van der Waals surface area (Å²) in [5.41, 5.74) is 1.06. The van der Waals surface area contributed by atoms with E-state index in [1.807, 2.05) is 24.3 Å². The molecule has 2 amide bonds. The van der Waals surface area contributed by atoms with Crippen LogP contribution in [-0.4, -0.2) is 62.1 Å². The molecule has 7 heteroatoms. The van der Waals surface area contributed by atoms with E-state index in [9.17, 15) is 9.59 Å². The number of hydrogen-bond donors (Lipinski definition) is 1. The van der Waals surface area contributed by atoms with Gasteiger partial charge in [-0.25, -0.2) is 0 Å². The number of nitrogens with zero attached hydrogens (tertiary/aromatic N) is 2. The zero-order chi connectivity index (χ0) is 17.6. The lowest BCUT2D eigenvalue weighted by molar-refractivity contribution is -0.136. The quantitative estimate of drug-likeness (QED) is 0.806. The van der Waals surface area contributed by atoms with Crippen molar-refractivity contribution < 1.29 is 14.3 Å². The molecule has 2 saturated heterocycles. The molecule has 0 radical (unpaired) electrons. The summed E-state index contributed by atoms with van der Waals surface area (Å²) < 4.78 is 5.46. The number of halogens is 1. The van der Waals surface area contributed by atoms with Gasteiger partial charge in [0.05, 0.1) is 6.10 Å². The van der Waals surface area contributed by atoms with Crippen molar-refractivity contribution in [1.29, 1.82) is 0 Å². The van der Waals surface area contributed by atoms with Gasteiger partial charge in [0.25, 0.3) is 0 Å². The number of carbonyl (C=O) groups excluding carboxylic acids is 2. The Balaban J connectivity index is 1.41. The summed E-state index contributed by atoms with van der Waals surface area (Å²) >= 11 is 6.03. The van der Waals surface area contributed by atoms with Gasteiger partial charge in [-0.1, -0.05) is 17.7 Å². The molecular formula is C18H24ClN3O3. The molecule has 0 bridgehead atoms. The summed E-state index contributed by atoms with van der Waals surface area (Å²) in [6.45, 7) is 3.97. The maximum absolute atomic E-state index is 12.3. The zero-order valence-electron chi connectivity index (χ0n) is 14.2. The molecular weight excluding hydrogens is 342 g/mol. The molecule has 1 aromatic carbocycles. The standard InChI is InChI=1S/C18H24ClN3O3/c19-14-3-1-4-15(11-14)21-6-8-22(9-7-21)18(24)12-17(23)20-13-16-5-2-10-25-16/h1,3-4,11,16H,2,5-10,12-13H2,(H,20,23). The fraction of sp³-hybridized carbons (Fsp3) is 0.556. The van der Waals surface area contributed by atoms with Gasteiger partial charge in [-0.2, -0.15) is 0 Å². The topological polar surface area (TPSA) is 61.9 Å². The van der Waals surface area contributed by atoms with E-state index in [0.29, 0.717) is 24.7 Å². The minimum atomic E-state index is -0.224. The number of nitrogens with one attached hydrogen (secondary N) is 1. The van der Waals surface area contributed by atoms with Crippen molar-refractivity contribution in [2.45, 2.75) is 25.4 Å². The lowest BCUT2D eigenvalue weighted by atomic mass is 10.2. The van der Waals surface area contributed by atoms with Crippen LogP contribution in [0.25, 0.3) is 0 Å². The van der Waals surface area contributed by atoms with Crippen LogP contribution in [0.5, 0.6) is 0 Å². The molecule has 2 aliphatic heterocycles. The smallest absolute Gasteiger partial charge is 0.232 e. The Morgan fingerprint density at radius 1 is 1.24 bits per heavy atom. The number of rotatable bonds is 5. The van der Waals surface area contributed by atoms with Crippen LogP contribution in [0.1, 0.15) is 19.3 Å². The van der Waals surface area contributed by atoms with E-state index >= 15 is 0 Å². The summed E-state index contributed by atoms with van der Waals surface area (Å²) in [5, 5.41) is 3.51. The molecule has 0 aliphatic carbocycles. The van der Waals surface area contributed by atoms with Gasteiger partial charge in [-0.05, 0) is 31.0 Å². The molecule has 2 heterocycles. The highest BCUT2D eigenvalue weighted by atomic mass is 35.5. The summed E-state index contributed by atoms with van der Waals surface area (Å²) in [7, 11) is 0. The summed E-state index contributed by atoms with van der Waals surface area (Å²) in [5.74, 6) is -0.339.